The SMILES string of the molecule is CCC(CCNC)C(C)(C)CC. The van der Waals surface area contributed by atoms with E-state index < -0.39 is 0 Å². The van der Waals surface area contributed by atoms with Gasteiger partial charge in [-0.2, -0.15) is 0 Å². The Hall–Kier alpha value is -0.0400. The van der Waals surface area contributed by atoms with E-state index in [1.165, 1.54) is 19.3 Å². The van der Waals surface area contributed by atoms with E-state index in [2.05, 4.69) is 33.0 Å². The van der Waals surface area contributed by atoms with Crippen LogP contribution >= 0.6 is 0 Å². The zero-order valence-electron chi connectivity index (χ0n) is 9.41. The van der Waals surface area contributed by atoms with Gasteiger partial charge in [0.15, 0.2) is 0 Å². The van der Waals surface area contributed by atoms with E-state index in [-0.39, 0.29) is 0 Å². The average Bonchev–Trinajstić information content (AvgIpc) is 2.05. The fourth-order valence-corrected chi connectivity index (χ4v) is 1.75. The Labute approximate surface area is 77.9 Å². The predicted molar refractivity (Wildman–Crippen MR) is 56.4 cm³/mol. The smallest absolute Gasteiger partial charge is 0.00491 e. The van der Waals surface area contributed by atoms with E-state index in [1.807, 2.05) is 7.05 Å². The van der Waals surface area contributed by atoms with Crippen molar-refractivity contribution in [2.24, 2.45) is 11.3 Å². The van der Waals surface area contributed by atoms with Gasteiger partial charge in [0.2, 0.25) is 0 Å². The van der Waals surface area contributed by atoms with Crippen molar-refractivity contribution >= 4 is 0 Å². The highest BCUT2D eigenvalue weighted by molar-refractivity contribution is 4.76. The molecule has 1 unspecified atom stereocenters. The molecule has 1 atom stereocenters. The highest BCUT2D eigenvalue weighted by Crippen LogP contribution is 2.34. The molecular formula is C11H25N. The maximum Gasteiger partial charge on any atom is -0.00491 e. The summed E-state index contributed by atoms with van der Waals surface area (Å²) in [5.74, 6) is 0.870. The summed E-state index contributed by atoms with van der Waals surface area (Å²) in [4.78, 5) is 0. The summed E-state index contributed by atoms with van der Waals surface area (Å²) in [6.07, 6.45) is 3.91. The predicted octanol–water partition coefficient (Wildman–Crippen LogP) is 3.06. The average molecular weight is 171 g/mol. The molecule has 1 heteroatoms. The molecule has 0 radical (unpaired) electrons. The maximum atomic E-state index is 3.23. The Kier molecular flexibility index (Phi) is 5.56. The lowest BCUT2D eigenvalue weighted by molar-refractivity contribution is 0.185. The van der Waals surface area contributed by atoms with Crippen molar-refractivity contribution in [1.82, 2.24) is 5.32 Å². The topological polar surface area (TPSA) is 12.0 Å². The lowest BCUT2D eigenvalue weighted by atomic mass is 9.74. The molecular weight excluding hydrogens is 146 g/mol. The molecule has 0 amide bonds. The van der Waals surface area contributed by atoms with Crippen molar-refractivity contribution < 1.29 is 0 Å². The van der Waals surface area contributed by atoms with Crippen molar-refractivity contribution in [2.75, 3.05) is 13.6 Å². The van der Waals surface area contributed by atoms with Crippen LogP contribution in [0.2, 0.25) is 0 Å². The van der Waals surface area contributed by atoms with E-state index in [0.717, 1.165) is 12.5 Å². The Morgan fingerprint density at radius 2 is 1.83 bits per heavy atom. The minimum absolute atomic E-state index is 0.519. The van der Waals surface area contributed by atoms with Gasteiger partial charge >= 0.3 is 0 Å². The van der Waals surface area contributed by atoms with Gasteiger partial charge in [0, 0.05) is 0 Å². The third-order valence-corrected chi connectivity index (χ3v) is 3.25. The van der Waals surface area contributed by atoms with Crippen LogP contribution in [0.1, 0.15) is 47.0 Å². The Balaban J connectivity index is 3.95. The van der Waals surface area contributed by atoms with E-state index in [0.29, 0.717) is 5.41 Å². The molecule has 0 heterocycles. The molecule has 0 aliphatic rings. The number of nitrogens with one attached hydrogen (secondary N) is 1. The van der Waals surface area contributed by atoms with Crippen molar-refractivity contribution in [3.63, 3.8) is 0 Å². The molecule has 0 spiro atoms. The number of hydrogen-bond acceptors (Lipinski definition) is 1. The molecule has 0 aromatic rings. The normalized spacial score (nSPS) is 14.8. The molecule has 0 rings (SSSR count). The summed E-state index contributed by atoms with van der Waals surface area (Å²) in [5, 5.41) is 3.23. The van der Waals surface area contributed by atoms with Gasteiger partial charge in [0.1, 0.15) is 0 Å². The fourth-order valence-electron chi connectivity index (χ4n) is 1.75. The molecule has 0 saturated heterocycles. The molecule has 1 N–H and O–H groups in total. The van der Waals surface area contributed by atoms with Crippen molar-refractivity contribution in [2.45, 2.75) is 47.0 Å². The van der Waals surface area contributed by atoms with Gasteiger partial charge in [0.25, 0.3) is 0 Å². The Bertz CT molecular complexity index is 108. The van der Waals surface area contributed by atoms with Crippen LogP contribution < -0.4 is 5.32 Å². The van der Waals surface area contributed by atoms with Crippen LogP contribution in [0, 0.1) is 11.3 Å². The minimum atomic E-state index is 0.519. The number of rotatable bonds is 6. The standard InChI is InChI=1S/C11H25N/c1-6-10(8-9-12-5)11(3,4)7-2/h10,12H,6-9H2,1-5H3. The molecule has 0 aliphatic carbocycles. The summed E-state index contributed by atoms with van der Waals surface area (Å²) in [6, 6.07) is 0. The zero-order chi connectivity index (χ0) is 9.61. The molecule has 1 nitrogen and oxygen atoms in total. The number of hydrogen-bond donors (Lipinski definition) is 1. The zero-order valence-corrected chi connectivity index (χ0v) is 9.41. The molecule has 0 aromatic heterocycles. The molecule has 74 valence electrons. The van der Waals surface area contributed by atoms with Gasteiger partial charge in [-0.05, 0) is 31.3 Å². The van der Waals surface area contributed by atoms with Gasteiger partial charge in [-0.1, -0.05) is 40.5 Å². The van der Waals surface area contributed by atoms with Gasteiger partial charge < -0.3 is 5.32 Å². The molecule has 0 aromatic carbocycles. The van der Waals surface area contributed by atoms with Crippen LogP contribution in [-0.2, 0) is 0 Å². The second-order valence-electron chi connectivity index (χ2n) is 4.34. The van der Waals surface area contributed by atoms with Crippen molar-refractivity contribution in [3.8, 4) is 0 Å². The quantitative estimate of drug-likeness (QED) is 0.647. The highest BCUT2D eigenvalue weighted by Gasteiger charge is 2.25. The second-order valence-corrected chi connectivity index (χ2v) is 4.34. The van der Waals surface area contributed by atoms with Gasteiger partial charge in [-0.3, -0.25) is 0 Å². The largest absolute Gasteiger partial charge is 0.320 e. The third-order valence-electron chi connectivity index (χ3n) is 3.25. The first-order valence-electron chi connectivity index (χ1n) is 5.23. The van der Waals surface area contributed by atoms with Crippen LogP contribution in [0.4, 0.5) is 0 Å². The van der Waals surface area contributed by atoms with E-state index in [1.54, 1.807) is 0 Å². The van der Waals surface area contributed by atoms with Gasteiger partial charge in [-0.25, -0.2) is 0 Å². The monoisotopic (exact) mass is 171 g/mol. The van der Waals surface area contributed by atoms with Crippen LogP contribution in [0.3, 0.4) is 0 Å². The fraction of sp³-hybridized carbons (Fsp3) is 1.00. The Morgan fingerprint density at radius 3 is 2.17 bits per heavy atom. The van der Waals surface area contributed by atoms with E-state index >= 15 is 0 Å². The molecule has 0 bridgehead atoms. The third kappa shape index (κ3) is 3.57. The summed E-state index contributed by atoms with van der Waals surface area (Å²) < 4.78 is 0. The van der Waals surface area contributed by atoms with Crippen molar-refractivity contribution in [3.05, 3.63) is 0 Å². The summed E-state index contributed by atoms with van der Waals surface area (Å²) in [6.45, 7) is 10.5. The van der Waals surface area contributed by atoms with Gasteiger partial charge in [-0.15, -0.1) is 0 Å². The lowest BCUT2D eigenvalue weighted by Crippen LogP contribution is -2.26. The summed E-state index contributed by atoms with van der Waals surface area (Å²) >= 11 is 0. The molecule has 0 fully saturated rings. The first-order chi connectivity index (χ1) is 5.58. The second kappa shape index (κ2) is 5.58. The first kappa shape index (κ1) is 12.0. The van der Waals surface area contributed by atoms with Crippen LogP contribution in [0.5, 0.6) is 0 Å². The van der Waals surface area contributed by atoms with E-state index in [4.69, 9.17) is 0 Å². The molecule has 0 saturated carbocycles. The highest BCUT2D eigenvalue weighted by atomic mass is 14.8. The van der Waals surface area contributed by atoms with Gasteiger partial charge in [0.05, 0.1) is 0 Å². The Morgan fingerprint density at radius 1 is 1.25 bits per heavy atom. The van der Waals surface area contributed by atoms with E-state index in [9.17, 15) is 0 Å². The van der Waals surface area contributed by atoms with Crippen LogP contribution in [0.15, 0.2) is 0 Å². The first-order valence-corrected chi connectivity index (χ1v) is 5.23. The molecule has 0 aliphatic heterocycles. The summed E-state index contributed by atoms with van der Waals surface area (Å²) in [5.41, 5.74) is 0.519. The lowest BCUT2D eigenvalue weighted by Gasteiger charge is -2.32. The molecule has 12 heavy (non-hydrogen) atoms. The maximum absolute atomic E-state index is 3.23. The van der Waals surface area contributed by atoms with Crippen molar-refractivity contribution in [1.29, 1.82) is 0 Å². The summed E-state index contributed by atoms with van der Waals surface area (Å²) in [7, 11) is 2.03. The minimum Gasteiger partial charge on any atom is -0.320 e. The van der Waals surface area contributed by atoms with Crippen LogP contribution in [0.25, 0.3) is 0 Å². The van der Waals surface area contributed by atoms with Crippen LogP contribution in [-0.4, -0.2) is 13.6 Å².